The Morgan fingerprint density at radius 2 is 2.03 bits per heavy atom. The van der Waals surface area contributed by atoms with Crippen LogP contribution in [0.1, 0.15) is 16.8 Å². The van der Waals surface area contributed by atoms with Crippen LogP contribution < -0.4 is 10.6 Å². The monoisotopic (exact) mass is 387 g/mol. The molecule has 7 heteroatoms. The van der Waals surface area contributed by atoms with E-state index in [2.05, 4.69) is 27.2 Å². The highest BCUT2D eigenvalue weighted by atomic mass is 16.2. The molecule has 1 aromatic heterocycles. The predicted molar refractivity (Wildman–Crippen MR) is 113 cm³/mol. The number of aromatic nitrogens is 2. The minimum atomic E-state index is -0.310. The van der Waals surface area contributed by atoms with Gasteiger partial charge < -0.3 is 15.5 Å². The largest absolute Gasteiger partial charge is 0.350 e. The van der Waals surface area contributed by atoms with Crippen LogP contribution in [0, 0.1) is 0 Å². The first-order chi connectivity index (χ1) is 14.1. The molecule has 0 spiro atoms. The molecule has 146 valence electrons. The Labute approximate surface area is 168 Å². The average Bonchev–Trinajstić information content (AvgIpc) is 3.21. The molecule has 0 saturated carbocycles. The minimum Gasteiger partial charge on any atom is -0.350 e. The number of benzene rings is 2. The summed E-state index contributed by atoms with van der Waals surface area (Å²) >= 11 is 0. The molecular formula is C22H21N5O2. The van der Waals surface area contributed by atoms with E-state index in [1.54, 1.807) is 35.4 Å². The molecule has 4 rings (SSSR count). The van der Waals surface area contributed by atoms with E-state index in [0.29, 0.717) is 30.3 Å². The Morgan fingerprint density at radius 1 is 1.17 bits per heavy atom. The third kappa shape index (κ3) is 4.24. The lowest BCUT2D eigenvalue weighted by Crippen LogP contribution is -2.31. The Balaban J connectivity index is 1.41. The number of hydrogen-bond donors (Lipinski definition) is 2. The maximum absolute atomic E-state index is 12.9. The number of nitrogens with zero attached hydrogens (tertiary/aromatic N) is 3. The minimum absolute atomic E-state index is 0.0663. The molecule has 2 N–H and O–H groups in total. The van der Waals surface area contributed by atoms with Crippen LogP contribution in [-0.2, 0) is 4.79 Å². The number of carbonyl (C=O) groups excluding carboxylic acids is 2. The Bertz CT molecular complexity index is 1080. The summed E-state index contributed by atoms with van der Waals surface area (Å²) < 4.78 is 0. The summed E-state index contributed by atoms with van der Waals surface area (Å²) in [5.74, 6) is 0.191. The molecule has 1 atom stereocenters. The summed E-state index contributed by atoms with van der Waals surface area (Å²) in [7, 11) is 0. The highest BCUT2D eigenvalue weighted by molar-refractivity contribution is 6.00. The molecule has 1 fully saturated rings. The first-order valence-electron chi connectivity index (χ1n) is 9.43. The third-order valence-corrected chi connectivity index (χ3v) is 4.86. The first kappa shape index (κ1) is 18.6. The van der Waals surface area contributed by atoms with Crippen LogP contribution in [-0.4, -0.2) is 45.8 Å². The number of fused-ring (bicyclic) bond motifs is 1. The van der Waals surface area contributed by atoms with Crippen molar-refractivity contribution < 1.29 is 9.59 Å². The molecule has 0 bridgehead atoms. The number of amides is 2. The van der Waals surface area contributed by atoms with Gasteiger partial charge in [0.15, 0.2) is 0 Å². The van der Waals surface area contributed by atoms with Gasteiger partial charge in [0.05, 0.1) is 5.52 Å². The zero-order valence-corrected chi connectivity index (χ0v) is 15.8. The van der Waals surface area contributed by atoms with E-state index in [-0.39, 0.29) is 17.9 Å². The first-order valence-corrected chi connectivity index (χ1v) is 9.43. The quantitative estimate of drug-likeness (QED) is 0.657. The van der Waals surface area contributed by atoms with Crippen molar-refractivity contribution in [2.45, 2.75) is 12.5 Å². The van der Waals surface area contributed by atoms with Crippen LogP contribution in [0.3, 0.4) is 0 Å². The highest BCUT2D eigenvalue weighted by Crippen LogP contribution is 2.19. The smallest absolute Gasteiger partial charge is 0.254 e. The average molecular weight is 387 g/mol. The van der Waals surface area contributed by atoms with Crippen molar-refractivity contribution in [2.24, 2.45) is 0 Å². The second kappa shape index (κ2) is 8.10. The van der Waals surface area contributed by atoms with Crippen molar-refractivity contribution in [1.82, 2.24) is 14.9 Å². The van der Waals surface area contributed by atoms with E-state index in [1.165, 1.54) is 6.08 Å². The van der Waals surface area contributed by atoms with Crippen molar-refractivity contribution in [3.63, 3.8) is 0 Å². The number of hydrogen-bond acceptors (Lipinski definition) is 5. The lowest BCUT2D eigenvalue weighted by atomic mass is 10.1. The van der Waals surface area contributed by atoms with Gasteiger partial charge in [-0.3, -0.25) is 9.59 Å². The second-order valence-corrected chi connectivity index (χ2v) is 6.91. The molecule has 2 amide bonds. The molecule has 0 aliphatic carbocycles. The van der Waals surface area contributed by atoms with Crippen molar-refractivity contribution >= 4 is 34.4 Å². The van der Waals surface area contributed by atoms with E-state index in [9.17, 15) is 9.59 Å². The Morgan fingerprint density at radius 3 is 2.90 bits per heavy atom. The van der Waals surface area contributed by atoms with E-state index in [1.807, 2.05) is 24.3 Å². The van der Waals surface area contributed by atoms with Crippen LogP contribution in [0.4, 0.5) is 11.6 Å². The lowest BCUT2D eigenvalue weighted by Gasteiger charge is -2.18. The number of nitrogens with one attached hydrogen (secondary N) is 2. The van der Waals surface area contributed by atoms with Gasteiger partial charge >= 0.3 is 0 Å². The van der Waals surface area contributed by atoms with Crippen LogP contribution in [0.25, 0.3) is 10.9 Å². The fraction of sp³-hybridized carbons (Fsp3) is 0.182. The number of para-hydroxylation sites is 1. The molecule has 1 saturated heterocycles. The number of likely N-dealkylation sites (tertiary alicyclic amines) is 1. The van der Waals surface area contributed by atoms with Gasteiger partial charge in [-0.25, -0.2) is 9.97 Å². The van der Waals surface area contributed by atoms with Gasteiger partial charge in [0, 0.05) is 42.0 Å². The summed E-state index contributed by atoms with van der Waals surface area (Å²) in [6, 6.07) is 14.8. The van der Waals surface area contributed by atoms with Crippen LogP contribution in [0.15, 0.2) is 67.4 Å². The van der Waals surface area contributed by atoms with Gasteiger partial charge in [0.25, 0.3) is 5.91 Å². The molecule has 0 radical (unpaired) electrons. The summed E-state index contributed by atoms with van der Waals surface area (Å²) in [6.07, 6.45) is 3.81. The van der Waals surface area contributed by atoms with Crippen molar-refractivity contribution in [2.75, 3.05) is 23.7 Å². The fourth-order valence-corrected chi connectivity index (χ4v) is 3.39. The van der Waals surface area contributed by atoms with Crippen LogP contribution in [0.2, 0.25) is 0 Å². The Kier molecular flexibility index (Phi) is 5.20. The van der Waals surface area contributed by atoms with E-state index >= 15 is 0 Å². The zero-order chi connectivity index (χ0) is 20.2. The standard InChI is InChI=1S/C22H21N5O2/c1-2-20(28)24-17-8-5-7-15(12-17)21(29)27-11-10-18(14-27)25-22-23-13-16-6-3-4-9-19(16)26-22/h2-9,12-13,18H,1,10-11,14H2,(H,24,28)(H,23,25,26). The van der Waals surface area contributed by atoms with Gasteiger partial charge in [-0.2, -0.15) is 0 Å². The molecular weight excluding hydrogens is 366 g/mol. The molecule has 1 aliphatic heterocycles. The normalized spacial score (nSPS) is 15.9. The summed E-state index contributed by atoms with van der Waals surface area (Å²) in [6.45, 7) is 4.65. The van der Waals surface area contributed by atoms with Crippen molar-refractivity contribution in [1.29, 1.82) is 0 Å². The van der Waals surface area contributed by atoms with Crippen molar-refractivity contribution in [3.05, 3.63) is 72.9 Å². The number of carbonyl (C=O) groups is 2. The highest BCUT2D eigenvalue weighted by Gasteiger charge is 2.27. The molecule has 2 aromatic carbocycles. The second-order valence-electron chi connectivity index (χ2n) is 6.91. The molecule has 2 heterocycles. The predicted octanol–water partition coefficient (Wildman–Crippen LogP) is 3.08. The van der Waals surface area contributed by atoms with E-state index in [4.69, 9.17) is 0 Å². The van der Waals surface area contributed by atoms with Gasteiger partial charge in [0.1, 0.15) is 0 Å². The van der Waals surface area contributed by atoms with Crippen LogP contribution >= 0.6 is 0 Å². The van der Waals surface area contributed by atoms with Crippen LogP contribution in [0.5, 0.6) is 0 Å². The summed E-state index contributed by atoms with van der Waals surface area (Å²) in [5, 5.41) is 7.00. The topological polar surface area (TPSA) is 87.2 Å². The van der Waals surface area contributed by atoms with Gasteiger partial charge in [0.2, 0.25) is 11.9 Å². The van der Waals surface area contributed by atoms with E-state index < -0.39 is 0 Å². The Hall–Kier alpha value is -3.74. The number of anilines is 2. The van der Waals surface area contributed by atoms with E-state index in [0.717, 1.165) is 17.3 Å². The zero-order valence-electron chi connectivity index (χ0n) is 15.8. The van der Waals surface area contributed by atoms with Crippen molar-refractivity contribution in [3.8, 4) is 0 Å². The fourth-order valence-electron chi connectivity index (χ4n) is 3.39. The molecule has 7 nitrogen and oxygen atoms in total. The molecule has 1 unspecified atom stereocenters. The molecule has 1 aliphatic rings. The summed E-state index contributed by atoms with van der Waals surface area (Å²) in [4.78, 5) is 35.0. The lowest BCUT2D eigenvalue weighted by molar-refractivity contribution is -0.111. The van der Waals surface area contributed by atoms with Gasteiger partial charge in [-0.05, 0) is 36.8 Å². The molecule has 29 heavy (non-hydrogen) atoms. The summed E-state index contributed by atoms with van der Waals surface area (Å²) in [5.41, 5.74) is 1.99. The SMILES string of the molecule is C=CC(=O)Nc1cccc(C(=O)N2CCC(Nc3ncc4ccccc4n3)C2)c1. The number of rotatable bonds is 5. The maximum atomic E-state index is 12.9. The van der Waals surface area contributed by atoms with Gasteiger partial charge in [-0.1, -0.05) is 30.8 Å². The van der Waals surface area contributed by atoms with Gasteiger partial charge in [-0.15, -0.1) is 0 Å². The maximum Gasteiger partial charge on any atom is 0.254 e. The molecule has 3 aromatic rings. The third-order valence-electron chi connectivity index (χ3n) is 4.86.